The SMILES string of the molecule is c1ccc2c3c(ccc2c1)CN(C1CCCCC1N1Cc2ccc4ccccc4c2-c2c(ccc4ccccc24)C1)Cc1ccc2ccccc2c1-3. The molecule has 2 aliphatic heterocycles. The molecule has 0 bridgehead atoms. The van der Waals surface area contributed by atoms with Crippen molar-refractivity contribution < 1.29 is 0 Å². The van der Waals surface area contributed by atoms with Crippen LogP contribution < -0.4 is 0 Å². The van der Waals surface area contributed by atoms with Crippen LogP contribution in [0.3, 0.4) is 0 Å². The van der Waals surface area contributed by atoms with Gasteiger partial charge in [0, 0.05) is 38.3 Å². The Bertz CT molecular complexity index is 2330. The Morgan fingerprint density at radius 3 is 0.865 bits per heavy atom. The van der Waals surface area contributed by atoms with E-state index in [9.17, 15) is 0 Å². The van der Waals surface area contributed by atoms with Gasteiger partial charge in [-0.3, -0.25) is 9.80 Å². The highest BCUT2D eigenvalue weighted by molar-refractivity contribution is 6.09. The second-order valence-corrected chi connectivity index (χ2v) is 15.5. The number of hydrogen-bond acceptors (Lipinski definition) is 2. The van der Waals surface area contributed by atoms with Gasteiger partial charge >= 0.3 is 0 Å². The predicted octanol–water partition coefficient (Wildman–Crippen LogP) is 12.3. The summed E-state index contributed by atoms with van der Waals surface area (Å²) in [5.74, 6) is 0. The van der Waals surface area contributed by atoms with E-state index in [0.717, 1.165) is 26.2 Å². The topological polar surface area (TPSA) is 6.48 Å². The lowest BCUT2D eigenvalue weighted by Crippen LogP contribution is -2.52. The molecule has 0 radical (unpaired) electrons. The van der Waals surface area contributed by atoms with Crippen molar-refractivity contribution in [2.75, 3.05) is 0 Å². The molecule has 2 heteroatoms. The summed E-state index contributed by atoms with van der Waals surface area (Å²) in [6.07, 6.45) is 5.07. The minimum Gasteiger partial charge on any atom is -0.290 e. The zero-order valence-corrected chi connectivity index (χ0v) is 29.6. The highest BCUT2D eigenvalue weighted by Gasteiger charge is 2.38. The first-order chi connectivity index (χ1) is 25.8. The molecule has 1 saturated carbocycles. The summed E-state index contributed by atoms with van der Waals surface area (Å²) in [5, 5.41) is 10.8. The normalized spacial score (nSPS) is 19.2. The molecule has 0 N–H and O–H groups in total. The Hall–Kier alpha value is -5.28. The minimum absolute atomic E-state index is 0.469. The second-order valence-electron chi connectivity index (χ2n) is 15.5. The second kappa shape index (κ2) is 12.2. The summed E-state index contributed by atoms with van der Waals surface area (Å²) in [6.45, 7) is 3.89. The van der Waals surface area contributed by atoms with Gasteiger partial charge in [0.15, 0.2) is 0 Å². The van der Waals surface area contributed by atoms with Crippen molar-refractivity contribution in [3.8, 4) is 22.3 Å². The summed E-state index contributed by atoms with van der Waals surface area (Å²) in [7, 11) is 0. The number of fused-ring (bicyclic) bond motifs is 14. The first-order valence-corrected chi connectivity index (χ1v) is 19.3. The zero-order chi connectivity index (χ0) is 34.2. The average molecular weight is 671 g/mol. The van der Waals surface area contributed by atoms with E-state index in [1.54, 1.807) is 0 Å². The zero-order valence-electron chi connectivity index (χ0n) is 29.6. The van der Waals surface area contributed by atoms with Crippen molar-refractivity contribution >= 4 is 43.1 Å². The molecular formula is C50H42N2. The number of benzene rings is 8. The number of nitrogens with zero attached hydrogens (tertiary/aromatic N) is 2. The lowest BCUT2D eigenvalue weighted by molar-refractivity contribution is 0.0309. The molecule has 2 nitrogen and oxygen atoms in total. The van der Waals surface area contributed by atoms with E-state index in [4.69, 9.17) is 0 Å². The molecule has 252 valence electrons. The molecule has 2 atom stereocenters. The largest absolute Gasteiger partial charge is 0.290 e. The van der Waals surface area contributed by atoms with Crippen LogP contribution in [0.5, 0.6) is 0 Å². The quantitative estimate of drug-likeness (QED) is 0.181. The lowest BCUT2D eigenvalue weighted by Gasteiger charge is -2.45. The third-order valence-corrected chi connectivity index (χ3v) is 12.7. The monoisotopic (exact) mass is 670 g/mol. The van der Waals surface area contributed by atoms with Gasteiger partial charge in [-0.05, 0) is 100 Å². The van der Waals surface area contributed by atoms with Crippen LogP contribution in [0.25, 0.3) is 65.3 Å². The van der Waals surface area contributed by atoms with Gasteiger partial charge in [-0.15, -0.1) is 0 Å². The highest BCUT2D eigenvalue weighted by Crippen LogP contribution is 2.46. The van der Waals surface area contributed by atoms with Crippen LogP contribution in [0.15, 0.2) is 146 Å². The third kappa shape index (κ3) is 4.78. The summed E-state index contributed by atoms with van der Waals surface area (Å²) < 4.78 is 0. The summed E-state index contributed by atoms with van der Waals surface area (Å²) in [4.78, 5) is 5.76. The molecule has 0 aromatic heterocycles. The maximum absolute atomic E-state index is 2.88. The predicted molar refractivity (Wildman–Crippen MR) is 218 cm³/mol. The van der Waals surface area contributed by atoms with Crippen LogP contribution in [0.2, 0.25) is 0 Å². The molecule has 11 rings (SSSR count). The Balaban J connectivity index is 1.06. The molecule has 1 aliphatic carbocycles. The van der Waals surface area contributed by atoms with Crippen molar-refractivity contribution in [3.05, 3.63) is 168 Å². The van der Waals surface area contributed by atoms with Crippen molar-refractivity contribution in [1.82, 2.24) is 9.80 Å². The van der Waals surface area contributed by atoms with Gasteiger partial charge in [0.2, 0.25) is 0 Å². The Kier molecular flexibility index (Phi) is 7.10. The van der Waals surface area contributed by atoms with E-state index >= 15 is 0 Å². The van der Waals surface area contributed by atoms with Gasteiger partial charge in [-0.25, -0.2) is 0 Å². The van der Waals surface area contributed by atoms with Gasteiger partial charge in [-0.1, -0.05) is 158 Å². The van der Waals surface area contributed by atoms with Crippen LogP contribution in [0.4, 0.5) is 0 Å². The Morgan fingerprint density at radius 2 is 0.577 bits per heavy atom. The van der Waals surface area contributed by atoms with Crippen LogP contribution in [-0.2, 0) is 26.2 Å². The fourth-order valence-corrected chi connectivity index (χ4v) is 10.4. The van der Waals surface area contributed by atoms with Crippen LogP contribution >= 0.6 is 0 Å². The molecule has 3 aliphatic rings. The average Bonchev–Trinajstić information content (AvgIpc) is 3.49. The maximum atomic E-state index is 2.88. The van der Waals surface area contributed by atoms with Crippen LogP contribution in [0.1, 0.15) is 47.9 Å². The van der Waals surface area contributed by atoms with Gasteiger partial charge < -0.3 is 0 Å². The van der Waals surface area contributed by atoms with E-state index in [1.807, 2.05) is 0 Å². The minimum atomic E-state index is 0.469. The molecular weight excluding hydrogens is 629 g/mol. The summed E-state index contributed by atoms with van der Waals surface area (Å²) in [5.41, 5.74) is 11.6. The highest BCUT2D eigenvalue weighted by atomic mass is 15.3. The standard InChI is InChI=1S/C50H42N2/c1-5-15-41-33(11-1)21-25-37-29-51(30-38-26-22-34-12-2-6-16-42(34)48(38)47(37)41)45-19-9-10-20-46(45)52-31-39-27-23-35-13-3-7-17-43(35)49(39)50-40(32-52)28-24-36-14-4-8-18-44(36)50/h1-8,11-18,21-28,45-46H,9-10,19-20,29-32H2. The van der Waals surface area contributed by atoms with E-state index in [1.165, 1.54) is 113 Å². The van der Waals surface area contributed by atoms with Crippen molar-refractivity contribution in [3.63, 3.8) is 0 Å². The molecule has 1 fully saturated rings. The van der Waals surface area contributed by atoms with Crippen LogP contribution in [-0.4, -0.2) is 21.9 Å². The van der Waals surface area contributed by atoms with Crippen molar-refractivity contribution in [2.24, 2.45) is 0 Å². The van der Waals surface area contributed by atoms with Crippen molar-refractivity contribution in [2.45, 2.75) is 63.9 Å². The van der Waals surface area contributed by atoms with Crippen LogP contribution in [0, 0.1) is 0 Å². The molecule has 0 amide bonds. The molecule has 2 heterocycles. The summed E-state index contributed by atoms with van der Waals surface area (Å²) >= 11 is 0. The molecule has 8 aromatic carbocycles. The fourth-order valence-electron chi connectivity index (χ4n) is 10.4. The molecule has 8 aromatic rings. The van der Waals surface area contributed by atoms with Crippen molar-refractivity contribution in [1.29, 1.82) is 0 Å². The number of rotatable bonds is 2. The first-order valence-electron chi connectivity index (χ1n) is 19.3. The van der Waals surface area contributed by atoms with Gasteiger partial charge in [0.05, 0.1) is 0 Å². The van der Waals surface area contributed by atoms with E-state index < -0.39 is 0 Å². The van der Waals surface area contributed by atoms with E-state index in [0.29, 0.717) is 12.1 Å². The first kappa shape index (κ1) is 30.4. The molecule has 52 heavy (non-hydrogen) atoms. The molecule has 0 spiro atoms. The lowest BCUT2D eigenvalue weighted by atomic mass is 9.87. The molecule has 2 unspecified atom stereocenters. The smallest absolute Gasteiger partial charge is 0.0258 e. The van der Waals surface area contributed by atoms with Gasteiger partial charge in [0.1, 0.15) is 0 Å². The molecule has 0 saturated heterocycles. The maximum Gasteiger partial charge on any atom is 0.0258 e. The van der Waals surface area contributed by atoms with Gasteiger partial charge in [0.25, 0.3) is 0 Å². The number of hydrogen-bond donors (Lipinski definition) is 0. The Morgan fingerprint density at radius 1 is 0.308 bits per heavy atom. The fraction of sp³-hybridized carbons (Fsp3) is 0.200. The van der Waals surface area contributed by atoms with Gasteiger partial charge in [-0.2, -0.15) is 0 Å². The Labute approximate surface area is 305 Å². The third-order valence-electron chi connectivity index (χ3n) is 12.7. The van der Waals surface area contributed by atoms with E-state index in [-0.39, 0.29) is 0 Å². The summed E-state index contributed by atoms with van der Waals surface area (Å²) in [6, 6.07) is 56.2. The van der Waals surface area contributed by atoms with E-state index in [2.05, 4.69) is 155 Å².